The molecule has 6 heteroatoms. The first-order valence-corrected chi connectivity index (χ1v) is 13.7. The van der Waals surface area contributed by atoms with Gasteiger partial charge in [-0.3, -0.25) is 14.4 Å². The third kappa shape index (κ3) is 9.66. The number of hydrogen-bond acceptors (Lipinski definition) is 3. The Labute approximate surface area is 203 Å². The van der Waals surface area contributed by atoms with Gasteiger partial charge < -0.3 is 15.1 Å². The van der Waals surface area contributed by atoms with Crippen LogP contribution in [0.15, 0.2) is 0 Å². The van der Waals surface area contributed by atoms with Crippen LogP contribution in [0.4, 0.5) is 0 Å². The average molecular weight is 466 g/mol. The predicted octanol–water partition coefficient (Wildman–Crippen LogP) is 5.15. The van der Waals surface area contributed by atoms with E-state index in [4.69, 9.17) is 0 Å². The summed E-state index contributed by atoms with van der Waals surface area (Å²) in [5, 5.41) is 3.11. The van der Waals surface area contributed by atoms with E-state index in [1.54, 1.807) is 0 Å². The molecule has 0 saturated carbocycles. The van der Waals surface area contributed by atoms with Crippen LogP contribution < -0.4 is 5.32 Å². The molecule has 1 rings (SSSR count). The molecular formula is C27H51N3O3. The second-order valence-electron chi connectivity index (χ2n) is 10.0. The molecule has 4 unspecified atom stereocenters. The van der Waals surface area contributed by atoms with Gasteiger partial charge in [0.05, 0.1) is 0 Å². The largest absolute Gasteiger partial charge is 0.344 e. The van der Waals surface area contributed by atoms with Crippen LogP contribution in [0.25, 0.3) is 0 Å². The Hall–Kier alpha value is -1.59. The number of hydrogen-bond donors (Lipinski definition) is 1. The molecule has 0 aromatic heterocycles. The van der Waals surface area contributed by atoms with Gasteiger partial charge in [0, 0.05) is 38.0 Å². The molecule has 0 spiro atoms. The zero-order valence-corrected chi connectivity index (χ0v) is 22.3. The maximum absolute atomic E-state index is 13.5. The highest BCUT2D eigenvalue weighted by atomic mass is 16.2. The predicted molar refractivity (Wildman–Crippen MR) is 136 cm³/mol. The van der Waals surface area contributed by atoms with Gasteiger partial charge in [-0.25, -0.2) is 0 Å². The number of carbonyl (C=O) groups excluding carboxylic acids is 3. The minimum absolute atomic E-state index is 0.00144. The molecule has 1 N–H and O–H groups in total. The highest BCUT2D eigenvalue weighted by Crippen LogP contribution is 2.19. The van der Waals surface area contributed by atoms with Crippen molar-refractivity contribution in [1.82, 2.24) is 15.1 Å². The number of nitrogens with one attached hydrogen (secondary N) is 1. The zero-order chi connectivity index (χ0) is 24.8. The summed E-state index contributed by atoms with van der Waals surface area (Å²) in [7, 11) is 0. The molecule has 0 radical (unpaired) electrons. The maximum atomic E-state index is 13.5. The third-order valence-corrected chi connectivity index (χ3v) is 7.30. The Balaban J connectivity index is 2.70. The molecule has 33 heavy (non-hydrogen) atoms. The summed E-state index contributed by atoms with van der Waals surface area (Å²) in [4.78, 5) is 42.9. The van der Waals surface area contributed by atoms with E-state index in [1.165, 1.54) is 19.3 Å². The Kier molecular flexibility index (Phi) is 14.4. The number of carbonyl (C=O) groups is 3. The SMILES string of the molecule is CCCCCCCC(=O)N1CCN(C(=O)C(NC(=O)C(CC)CCCC)C(C)CC)CC1C. The first-order valence-electron chi connectivity index (χ1n) is 13.7. The highest BCUT2D eigenvalue weighted by molar-refractivity contribution is 5.89. The van der Waals surface area contributed by atoms with Crippen molar-refractivity contribution in [2.75, 3.05) is 19.6 Å². The van der Waals surface area contributed by atoms with Crippen molar-refractivity contribution < 1.29 is 14.4 Å². The fraction of sp³-hybridized carbons (Fsp3) is 0.889. The van der Waals surface area contributed by atoms with Gasteiger partial charge in [0.25, 0.3) is 0 Å². The summed E-state index contributed by atoms with van der Waals surface area (Å²) < 4.78 is 0. The second kappa shape index (κ2) is 16.1. The molecule has 6 nitrogen and oxygen atoms in total. The van der Waals surface area contributed by atoms with Gasteiger partial charge in [-0.1, -0.05) is 79.6 Å². The lowest BCUT2D eigenvalue weighted by molar-refractivity contribution is -0.145. The van der Waals surface area contributed by atoms with E-state index in [9.17, 15) is 14.4 Å². The molecule has 4 atom stereocenters. The van der Waals surface area contributed by atoms with Gasteiger partial charge >= 0.3 is 0 Å². The van der Waals surface area contributed by atoms with Crippen molar-refractivity contribution in [2.45, 2.75) is 124 Å². The lowest BCUT2D eigenvalue weighted by Gasteiger charge is -2.42. The third-order valence-electron chi connectivity index (χ3n) is 7.30. The Morgan fingerprint density at radius 2 is 1.58 bits per heavy atom. The smallest absolute Gasteiger partial charge is 0.245 e. The van der Waals surface area contributed by atoms with Crippen LogP contribution in [0.1, 0.15) is 112 Å². The maximum Gasteiger partial charge on any atom is 0.245 e. The van der Waals surface area contributed by atoms with Gasteiger partial charge in [-0.05, 0) is 32.1 Å². The molecule has 1 heterocycles. The van der Waals surface area contributed by atoms with Gasteiger partial charge in [0.15, 0.2) is 0 Å². The lowest BCUT2D eigenvalue weighted by Crippen LogP contribution is -2.60. The minimum atomic E-state index is -0.494. The Morgan fingerprint density at radius 1 is 0.909 bits per heavy atom. The standard InChI is InChI=1S/C27H51N3O3/c1-7-11-13-14-15-17-24(31)30-19-18-29(20-22(30)6)27(33)25(21(5)9-3)28-26(32)23(10-4)16-12-8-2/h21-23,25H,7-20H2,1-6H3,(H,28,32). The number of rotatable bonds is 15. The fourth-order valence-corrected chi connectivity index (χ4v) is 4.67. The Bertz CT molecular complexity index is 595. The van der Waals surface area contributed by atoms with E-state index in [0.29, 0.717) is 26.1 Å². The van der Waals surface area contributed by atoms with Crippen molar-refractivity contribution in [1.29, 1.82) is 0 Å². The molecule has 1 saturated heterocycles. The van der Waals surface area contributed by atoms with Crippen LogP contribution in [0.2, 0.25) is 0 Å². The number of amides is 3. The van der Waals surface area contributed by atoms with Gasteiger partial charge in [0.1, 0.15) is 6.04 Å². The zero-order valence-electron chi connectivity index (χ0n) is 22.3. The second-order valence-corrected chi connectivity index (χ2v) is 10.0. The minimum Gasteiger partial charge on any atom is -0.344 e. The van der Waals surface area contributed by atoms with Crippen LogP contribution in [0, 0.1) is 11.8 Å². The van der Waals surface area contributed by atoms with Crippen LogP contribution in [-0.2, 0) is 14.4 Å². The molecule has 3 amide bonds. The van der Waals surface area contributed by atoms with E-state index in [1.807, 2.05) is 30.6 Å². The molecule has 0 aromatic carbocycles. The molecule has 192 valence electrons. The summed E-state index contributed by atoms with van der Waals surface area (Å²) in [6, 6.07) is -0.488. The molecular weight excluding hydrogens is 414 g/mol. The lowest BCUT2D eigenvalue weighted by atomic mass is 9.94. The van der Waals surface area contributed by atoms with Gasteiger partial charge in [-0.15, -0.1) is 0 Å². The fourth-order valence-electron chi connectivity index (χ4n) is 4.67. The highest BCUT2D eigenvalue weighted by Gasteiger charge is 2.35. The summed E-state index contributed by atoms with van der Waals surface area (Å²) in [6.45, 7) is 14.2. The quantitative estimate of drug-likeness (QED) is 0.340. The number of unbranched alkanes of at least 4 members (excludes halogenated alkanes) is 5. The van der Waals surface area contributed by atoms with Crippen molar-refractivity contribution in [3.63, 3.8) is 0 Å². The van der Waals surface area contributed by atoms with Crippen LogP contribution >= 0.6 is 0 Å². The van der Waals surface area contributed by atoms with Crippen LogP contribution in [0.3, 0.4) is 0 Å². The first kappa shape index (κ1) is 29.4. The van der Waals surface area contributed by atoms with E-state index < -0.39 is 6.04 Å². The summed E-state index contributed by atoms with van der Waals surface area (Å²) in [5.41, 5.74) is 0. The van der Waals surface area contributed by atoms with Gasteiger partial charge in [0.2, 0.25) is 17.7 Å². The van der Waals surface area contributed by atoms with Crippen LogP contribution in [-0.4, -0.2) is 59.2 Å². The van der Waals surface area contributed by atoms with Crippen LogP contribution in [0.5, 0.6) is 0 Å². The molecule has 0 aliphatic carbocycles. The number of piperazine rings is 1. The number of nitrogens with zero attached hydrogens (tertiary/aromatic N) is 2. The molecule has 1 fully saturated rings. The first-order chi connectivity index (χ1) is 15.8. The topological polar surface area (TPSA) is 69.7 Å². The normalized spacial score (nSPS) is 19.2. The average Bonchev–Trinajstić information content (AvgIpc) is 2.81. The summed E-state index contributed by atoms with van der Waals surface area (Å²) in [5.74, 6) is 0.258. The van der Waals surface area contributed by atoms with Crippen molar-refractivity contribution in [2.24, 2.45) is 11.8 Å². The van der Waals surface area contributed by atoms with Gasteiger partial charge in [-0.2, -0.15) is 0 Å². The van der Waals surface area contributed by atoms with Crippen molar-refractivity contribution >= 4 is 17.7 Å². The summed E-state index contributed by atoms with van der Waals surface area (Å²) >= 11 is 0. The molecule has 0 bridgehead atoms. The van der Waals surface area contributed by atoms with E-state index in [2.05, 4.69) is 26.1 Å². The molecule has 0 aromatic rings. The monoisotopic (exact) mass is 465 g/mol. The van der Waals surface area contributed by atoms with E-state index >= 15 is 0 Å². The summed E-state index contributed by atoms with van der Waals surface area (Å²) in [6.07, 6.45) is 10.9. The molecule has 1 aliphatic heterocycles. The Morgan fingerprint density at radius 3 is 2.15 bits per heavy atom. The molecule has 1 aliphatic rings. The van der Waals surface area contributed by atoms with Crippen molar-refractivity contribution in [3.05, 3.63) is 0 Å². The van der Waals surface area contributed by atoms with Crippen molar-refractivity contribution in [3.8, 4) is 0 Å². The van der Waals surface area contributed by atoms with E-state index in [-0.39, 0.29) is 35.6 Å². The van der Waals surface area contributed by atoms with E-state index in [0.717, 1.165) is 44.9 Å².